The van der Waals surface area contributed by atoms with Crippen LogP contribution in [0.5, 0.6) is 0 Å². The number of fused-ring (bicyclic) bond motifs is 1. The minimum atomic E-state index is 0.296. The van der Waals surface area contributed by atoms with Crippen molar-refractivity contribution in [1.82, 2.24) is 14.6 Å². The third-order valence-corrected chi connectivity index (χ3v) is 5.00. The van der Waals surface area contributed by atoms with Gasteiger partial charge in [0.05, 0.1) is 10.0 Å². The van der Waals surface area contributed by atoms with E-state index in [4.69, 9.17) is 23.2 Å². The zero-order valence-corrected chi connectivity index (χ0v) is 13.6. The maximum Gasteiger partial charge on any atom is 0.213 e. The summed E-state index contributed by atoms with van der Waals surface area (Å²) in [5.41, 5.74) is 1.74. The number of halogens is 2. The number of carbonyl (C=O) groups is 1. The largest absolute Gasteiger partial charge is 0.296 e. The molecule has 0 bridgehead atoms. The molecule has 4 nitrogen and oxygen atoms in total. The van der Waals surface area contributed by atoms with Crippen LogP contribution in [0.3, 0.4) is 0 Å². The van der Waals surface area contributed by atoms with Gasteiger partial charge in [-0.3, -0.25) is 4.79 Å². The molecule has 0 aliphatic heterocycles. The van der Waals surface area contributed by atoms with E-state index in [0.717, 1.165) is 16.9 Å². The molecule has 0 saturated carbocycles. The highest BCUT2D eigenvalue weighted by atomic mass is 35.5. The Bertz CT molecular complexity index is 838. The average Bonchev–Trinajstić information content (AvgIpc) is 2.98. The predicted molar refractivity (Wildman–Crippen MR) is 85.8 cm³/mol. The first-order valence-electron chi connectivity index (χ1n) is 6.31. The van der Waals surface area contributed by atoms with Gasteiger partial charge in [-0.05, 0) is 12.1 Å². The van der Waals surface area contributed by atoms with E-state index in [2.05, 4.69) is 23.9 Å². The van der Waals surface area contributed by atoms with Crippen LogP contribution in [0.15, 0.2) is 18.2 Å². The van der Waals surface area contributed by atoms with Crippen LogP contribution in [0.25, 0.3) is 16.2 Å². The van der Waals surface area contributed by atoms with Gasteiger partial charge in [0.25, 0.3) is 0 Å². The Labute approximate surface area is 135 Å². The number of hydrogen-bond acceptors (Lipinski definition) is 4. The van der Waals surface area contributed by atoms with Crippen LogP contribution in [-0.4, -0.2) is 20.9 Å². The Kier molecular flexibility index (Phi) is 3.73. The fourth-order valence-electron chi connectivity index (χ4n) is 1.97. The zero-order valence-electron chi connectivity index (χ0n) is 11.3. The van der Waals surface area contributed by atoms with E-state index < -0.39 is 0 Å². The van der Waals surface area contributed by atoms with Gasteiger partial charge in [-0.2, -0.15) is 9.61 Å². The van der Waals surface area contributed by atoms with E-state index in [1.807, 2.05) is 0 Å². The summed E-state index contributed by atoms with van der Waals surface area (Å²) < 4.78 is 1.59. The maximum atomic E-state index is 11.5. The number of nitrogens with zero attached hydrogens (tertiary/aromatic N) is 3. The second-order valence-corrected chi connectivity index (χ2v) is 6.68. The van der Waals surface area contributed by atoms with Gasteiger partial charge in [-0.15, -0.1) is 0 Å². The molecule has 1 aromatic carbocycles. The van der Waals surface area contributed by atoms with Gasteiger partial charge in [0, 0.05) is 11.5 Å². The maximum absolute atomic E-state index is 11.5. The van der Waals surface area contributed by atoms with E-state index in [1.165, 1.54) is 11.3 Å². The first-order valence-corrected chi connectivity index (χ1v) is 7.88. The van der Waals surface area contributed by atoms with E-state index in [0.29, 0.717) is 32.3 Å². The van der Waals surface area contributed by atoms with Crippen molar-refractivity contribution in [2.75, 3.05) is 0 Å². The third kappa shape index (κ3) is 2.46. The molecule has 3 aromatic rings. The van der Waals surface area contributed by atoms with Gasteiger partial charge in [0.1, 0.15) is 16.4 Å². The molecule has 0 amide bonds. The molecule has 0 fully saturated rings. The minimum absolute atomic E-state index is 0.296. The lowest BCUT2D eigenvalue weighted by Gasteiger charge is -2.01. The smallest absolute Gasteiger partial charge is 0.213 e. The Morgan fingerprint density at radius 2 is 2.05 bits per heavy atom. The van der Waals surface area contributed by atoms with E-state index in [1.54, 1.807) is 22.7 Å². The normalized spacial score (nSPS) is 11.5. The van der Waals surface area contributed by atoms with E-state index in [-0.39, 0.29) is 0 Å². The molecule has 0 atom stereocenters. The van der Waals surface area contributed by atoms with Crippen molar-refractivity contribution in [3.63, 3.8) is 0 Å². The lowest BCUT2D eigenvalue weighted by Crippen LogP contribution is -1.96. The minimum Gasteiger partial charge on any atom is -0.296 e. The van der Waals surface area contributed by atoms with Crippen molar-refractivity contribution in [2.45, 2.75) is 19.8 Å². The zero-order chi connectivity index (χ0) is 15.1. The van der Waals surface area contributed by atoms with Gasteiger partial charge in [-0.25, -0.2) is 4.98 Å². The number of imidazole rings is 1. The fraction of sp³-hybridized carbons (Fsp3) is 0.214. The van der Waals surface area contributed by atoms with Crippen LogP contribution in [0.1, 0.15) is 35.3 Å². The second kappa shape index (κ2) is 5.40. The standard InChI is InChI=1S/C14H11Cl2N3OS/c1-7(2)13-18-19-11(6-20)12(17-14(19)21-13)8-3-4-9(15)10(16)5-8/h3-7H,1-2H3. The number of rotatable bonds is 3. The number of benzene rings is 1. The molecule has 2 heterocycles. The average molecular weight is 340 g/mol. The summed E-state index contributed by atoms with van der Waals surface area (Å²) in [5, 5.41) is 6.29. The van der Waals surface area contributed by atoms with Crippen LogP contribution in [-0.2, 0) is 0 Å². The number of aldehydes is 1. The molecule has 0 saturated heterocycles. The summed E-state index contributed by atoms with van der Waals surface area (Å²) in [5.74, 6) is 0.296. The van der Waals surface area contributed by atoms with Crippen molar-refractivity contribution in [3.8, 4) is 11.3 Å². The Balaban J connectivity index is 2.20. The van der Waals surface area contributed by atoms with Crippen LogP contribution in [0, 0.1) is 0 Å². The van der Waals surface area contributed by atoms with Crippen molar-refractivity contribution < 1.29 is 4.79 Å². The molecule has 7 heteroatoms. The highest BCUT2D eigenvalue weighted by Gasteiger charge is 2.19. The summed E-state index contributed by atoms with van der Waals surface area (Å²) in [6.45, 7) is 4.11. The third-order valence-electron chi connectivity index (χ3n) is 3.05. The molecule has 108 valence electrons. The molecule has 0 spiro atoms. The summed E-state index contributed by atoms with van der Waals surface area (Å²) in [7, 11) is 0. The topological polar surface area (TPSA) is 47.3 Å². The molecule has 21 heavy (non-hydrogen) atoms. The monoisotopic (exact) mass is 339 g/mol. The highest BCUT2D eigenvalue weighted by molar-refractivity contribution is 7.16. The molecular weight excluding hydrogens is 329 g/mol. The van der Waals surface area contributed by atoms with Crippen LogP contribution >= 0.6 is 34.5 Å². The van der Waals surface area contributed by atoms with Crippen LogP contribution in [0.4, 0.5) is 0 Å². The first-order chi connectivity index (χ1) is 10.0. The first kappa shape index (κ1) is 14.5. The van der Waals surface area contributed by atoms with Gasteiger partial charge in [0.15, 0.2) is 6.29 Å². The molecule has 0 N–H and O–H groups in total. The molecule has 0 aliphatic carbocycles. The van der Waals surface area contributed by atoms with Crippen molar-refractivity contribution in [3.05, 3.63) is 38.9 Å². The fourth-order valence-corrected chi connectivity index (χ4v) is 3.18. The Morgan fingerprint density at radius 3 is 2.67 bits per heavy atom. The lowest BCUT2D eigenvalue weighted by molar-refractivity contribution is 0.111. The number of carbonyl (C=O) groups excluding carboxylic acids is 1. The van der Waals surface area contributed by atoms with E-state index in [9.17, 15) is 4.79 Å². The summed E-state index contributed by atoms with van der Waals surface area (Å²) in [6, 6.07) is 5.18. The molecule has 0 radical (unpaired) electrons. The van der Waals surface area contributed by atoms with Gasteiger partial charge >= 0.3 is 0 Å². The van der Waals surface area contributed by atoms with Crippen molar-refractivity contribution in [2.24, 2.45) is 0 Å². The quantitative estimate of drug-likeness (QED) is 0.649. The SMILES string of the molecule is CC(C)c1nn2c(C=O)c(-c3ccc(Cl)c(Cl)c3)nc2s1. The highest BCUT2D eigenvalue weighted by Crippen LogP contribution is 2.32. The second-order valence-electron chi connectivity index (χ2n) is 4.88. The van der Waals surface area contributed by atoms with E-state index >= 15 is 0 Å². The van der Waals surface area contributed by atoms with Gasteiger partial charge in [-0.1, -0.05) is 54.5 Å². The molecular formula is C14H11Cl2N3OS. The molecule has 0 aliphatic rings. The summed E-state index contributed by atoms with van der Waals surface area (Å²) in [4.78, 5) is 16.7. The predicted octanol–water partition coefficient (Wildman–Crippen LogP) is 4.70. The Hall–Kier alpha value is -1.43. The number of hydrogen-bond donors (Lipinski definition) is 0. The van der Waals surface area contributed by atoms with Crippen LogP contribution in [0.2, 0.25) is 10.0 Å². The van der Waals surface area contributed by atoms with Gasteiger partial charge < -0.3 is 0 Å². The summed E-state index contributed by atoms with van der Waals surface area (Å²) in [6.07, 6.45) is 0.766. The summed E-state index contributed by atoms with van der Waals surface area (Å²) >= 11 is 13.4. The van der Waals surface area contributed by atoms with Crippen molar-refractivity contribution in [1.29, 1.82) is 0 Å². The van der Waals surface area contributed by atoms with Crippen molar-refractivity contribution >= 4 is 45.8 Å². The molecule has 3 rings (SSSR count). The molecule has 2 aromatic heterocycles. The lowest BCUT2D eigenvalue weighted by atomic mass is 10.1. The van der Waals surface area contributed by atoms with Crippen LogP contribution < -0.4 is 0 Å². The van der Waals surface area contributed by atoms with Gasteiger partial charge in [0.2, 0.25) is 4.96 Å². The Morgan fingerprint density at radius 1 is 1.29 bits per heavy atom. The molecule has 0 unspecified atom stereocenters. The number of aromatic nitrogens is 3.